The molecule has 94 valence electrons. The minimum atomic E-state index is -0.635. The second kappa shape index (κ2) is 5.54. The van der Waals surface area contributed by atoms with E-state index in [1.807, 2.05) is 6.92 Å². The molecule has 0 bridgehead atoms. The van der Waals surface area contributed by atoms with Gasteiger partial charge in [-0.2, -0.15) is 0 Å². The molecule has 0 aliphatic carbocycles. The predicted molar refractivity (Wildman–Crippen MR) is 63.2 cm³/mol. The first kappa shape index (κ1) is 13.3. The Labute approximate surface area is 99.8 Å². The van der Waals surface area contributed by atoms with Gasteiger partial charge < -0.3 is 20.7 Å². The maximum absolute atomic E-state index is 11.4. The first-order valence-electron chi connectivity index (χ1n) is 5.35. The smallest absolute Gasteiger partial charge is 0.341 e. The fourth-order valence-electron chi connectivity index (χ4n) is 1.67. The lowest BCUT2D eigenvalue weighted by atomic mass is 9.94. The summed E-state index contributed by atoms with van der Waals surface area (Å²) in [5.74, 6) is -0.971. The van der Waals surface area contributed by atoms with Gasteiger partial charge in [0.2, 0.25) is 0 Å². The number of carbonyl (C=O) groups is 1. The molecular formula is C12H17NO4. The summed E-state index contributed by atoms with van der Waals surface area (Å²) in [5, 5.41) is 19.3. The Bertz CT molecular complexity index is 417. The molecule has 1 aromatic rings. The molecule has 0 aromatic heterocycles. The first-order valence-corrected chi connectivity index (χ1v) is 5.35. The first-order chi connectivity index (χ1) is 8.01. The zero-order valence-electron chi connectivity index (χ0n) is 9.93. The van der Waals surface area contributed by atoms with Gasteiger partial charge in [0.05, 0.1) is 7.11 Å². The normalized spacial score (nSPS) is 12.2. The van der Waals surface area contributed by atoms with Crippen LogP contribution in [0.1, 0.15) is 35.2 Å². The zero-order valence-corrected chi connectivity index (χ0v) is 9.93. The molecule has 1 atom stereocenters. The van der Waals surface area contributed by atoms with E-state index in [0.29, 0.717) is 18.5 Å². The van der Waals surface area contributed by atoms with Crippen LogP contribution in [0.3, 0.4) is 0 Å². The van der Waals surface area contributed by atoms with Gasteiger partial charge in [0.1, 0.15) is 17.1 Å². The molecule has 0 aliphatic heterocycles. The molecule has 0 aliphatic rings. The molecule has 0 amide bonds. The predicted octanol–water partition coefficient (Wildman–Crippen LogP) is 1.34. The Morgan fingerprint density at radius 1 is 1.41 bits per heavy atom. The van der Waals surface area contributed by atoms with Crippen LogP contribution >= 0.6 is 0 Å². The number of aromatic hydroxyl groups is 2. The average molecular weight is 239 g/mol. The van der Waals surface area contributed by atoms with Gasteiger partial charge in [0, 0.05) is 6.07 Å². The van der Waals surface area contributed by atoms with Crippen LogP contribution in [0, 0.1) is 0 Å². The van der Waals surface area contributed by atoms with Crippen LogP contribution in [0.4, 0.5) is 0 Å². The summed E-state index contributed by atoms with van der Waals surface area (Å²) in [5.41, 5.74) is 6.07. The lowest BCUT2D eigenvalue weighted by molar-refractivity contribution is 0.0597. The molecule has 0 saturated carbocycles. The van der Waals surface area contributed by atoms with Crippen molar-refractivity contribution in [3.63, 3.8) is 0 Å². The number of nitrogens with two attached hydrogens (primary N) is 1. The number of rotatable bonds is 4. The molecule has 5 heteroatoms. The van der Waals surface area contributed by atoms with Crippen molar-refractivity contribution < 1.29 is 19.7 Å². The minimum absolute atomic E-state index is 0.00371. The average Bonchev–Trinajstić information content (AvgIpc) is 2.28. The van der Waals surface area contributed by atoms with E-state index in [1.54, 1.807) is 0 Å². The number of carbonyl (C=O) groups excluding carboxylic acids is 1. The molecule has 1 rings (SSSR count). The van der Waals surface area contributed by atoms with Crippen molar-refractivity contribution in [1.82, 2.24) is 0 Å². The van der Waals surface area contributed by atoms with E-state index in [4.69, 9.17) is 5.73 Å². The molecule has 0 spiro atoms. The third-order valence-electron chi connectivity index (χ3n) is 2.68. The highest BCUT2D eigenvalue weighted by atomic mass is 16.5. The van der Waals surface area contributed by atoms with Crippen molar-refractivity contribution in [2.45, 2.75) is 19.3 Å². The summed E-state index contributed by atoms with van der Waals surface area (Å²) in [6.45, 7) is 2.37. The van der Waals surface area contributed by atoms with Gasteiger partial charge in [-0.3, -0.25) is 0 Å². The highest BCUT2D eigenvalue weighted by Crippen LogP contribution is 2.33. The number of benzene rings is 1. The molecule has 0 saturated heterocycles. The van der Waals surface area contributed by atoms with E-state index in [1.165, 1.54) is 13.2 Å². The molecule has 17 heavy (non-hydrogen) atoms. The fourth-order valence-corrected chi connectivity index (χ4v) is 1.67. The van der Waals surface area contributed by atoms with Gasteiger partial charge in [-0.05, 0) is 30.5 Å². The van der Waals surface area contributed by atoms with Crippen LogP contribution in [-0.2, 0) is 4.74 Å². The summed E-state index contributed by atoms with van der Waals surface area (Å²) in [6.07, 6.45) is 0.680. The highest BCUT2D eigenvalue weighted by Gasteiger charge is 2.18. The van der Waals surface area contributed by atoms with Crippen LogP contribution in [-0.4, -0.2) is 29.8 Å². The maximum Gasteiger partial charge on any atom is 0.341 e. The monoisotopic (exact) mass is 239 g/mol. The minimum Gasteiger partial charge on any atom is -0.508 e. The topological polar surface area (TPSA) is 92.8 Å². The van der Waals surface area contributed by atoms with Crippen molar-refractivity contribution in [3.8, 4) is 11.5 Å². The molecule has 4 N–H and O–H groups in total. The highest BCUT2D eigenvalue weighted by molar-refractivity contribution is 5.93. The number of hydrogen-bond acceptors (Lipinski definition) is 5. The van der Waals surface area contributed by atoms with Crippen molar-refractivity contribution in [2.24, 2.45) is 5.73 Å². The largest absolute Gasteiger partial charge is 0.508 e. The van der Waals surface area contributed by atoms with Gasteiger partial charge in [-0.1, -0.05) is 6.92 Å². The molecule has 5 nitrogen and oxygen atoms in total. The quantitative estimate of drug-likeness (QED) is 0.689. The standard InChI is InChI=1S/C12H17NO4/c1-7(3-4-13)8-5-9(12(16)17-2)11(15)6-10(8)14/h5-7,14-15H,3-4,13H2,1-2H3. The summed E-state index contributed by atoms with van der Waals surface area (Å²) >= 11 is 0. The van der Waals surface area contributed by atoms with Crippen molar-refractivity contribution in [1.29, 1.82) is 0 Å². The molecule has 1 aromatic carbocycles. The molecule has 1 unspecified atom stereocenters. The Morgan fingerprint density at radius 3 is 2.59 bits per heavy atom. The number of hydrogen-bond donors (Lipinski definition) is 3. The third-order valence-corrected chi connectivity index (χ3v) is 2.68. The molecule has 0 fully saturated rings. The second-order valence-corrected chi connectivity index (χ2v) is 3.90. The Balaban J connectivity index is 3.18. The van der Waals surface area contributed by atoms with Crippen LogP contribution < -0.4 is 5.73 Å². The van der Waals surface area contributed by atoms with Gasteiger partial charge in [-0.25, -0.2) is 4.79 Å². The van der Waals surface area contributed by atoms with Gasteiger partial charge in [0.25, 0.3) is 0 Å². The Hall–Kier alpha value is -1.75. The number of esters is 1. The Morgan fingerprint density at radius 2 is 2.06 bits per heavy atom. The van der Waals surface area contributed by atoms with Crippen molar-refractivity contribution in [3.05, 3.63) is 23.3 Å². The number of phenolic OH excluding ortho intramolecular Hbond substituents is 2. The van der Waals surface area contributed by atoms with E-state index in [2.05, 4.69) is 4.74 Å². The number of ether oxygens (including phenoxy) is 1. The van der Waals surface area contributed by atoms with E-state index in [9.17, 15) is 15.0 Å². The van der Waals surface area contributed by atoms with Gasteiger partial charge >= 0.3 is 5.97 Å². The van der Waals surface area contributed by atoms with Crippen molar-refractivity contribution in [2.75, 3.05) is 13.7 Å². The van der Waals surface area contributed by atoms with E-state index in [-0.39, 0.29) is 23.0 Å². The lowest BCUT2D eigenvalue weighted by Gasteiger charge is -2.14. The molecular weight excluding hydrogens is 222 g/mol. The SMILES string of the molecule is COC(=O)c1cc(C(C)CCN)c(O)cc1O. The third kappa shape index (κ3) is 2.88. The van der Waals surface area contributed by atoms with E-state index in [0.717, 1.165) is 6.07 Å². The summed E-state index contributed by atoms with van der Waals surface area (Å²) < 4.78 is 4.55. The second-order valence-electron chi connectivity index (χ2n) is 3.90. The van der Waals surface area contributed by atoms with Gasteiger partial charge in [-0.15, -0.1) is 0 Å². The summed E-state index contributed by atoms with van der Waals surface area (Å²) in [4.78, 5) is 11.4. The zero-order chi connectivity index (χ0) is 13.0. The fraction of sp³-hybridized carbons (Fsp3) is 0.417. The Kier molecular flexibility index (Phi) is 4.34. The van der Waals surface area contributed by atoms with Gasteiger partial charge in [0.15, 0.2) is 0 Å². The van der Waals surface area contributed by atoms with E-state index >= 15 is 0 Å². The number of methoxy groups -OCH3 is 1. The van der Waals surface area contributed by atoms with Crippen LogP contribution in [0.25, 0.3) is 0 Å². The van der Waals surface area contributed by atoms with Crippen LogP contribution in [0.15, 0.2) is 12.1 Å². The maximum atomic E-state index is 11.4. The molecule has 0 heterocycles. The summed E-state index contributed by atoms with van der Waals surface area (Å²) in [7, 11) is 1.23. The lowest BCUT2D eigenvalue weighted by Crippen LogP contribution is -2.07. The van der Waals surface area contributed by atoms with E-state index < -0.39 is 5.97 Å². The van der Waals surface area contributed by atoms with Crippen LogP contribution in [0.2, 0.25) is 0 Å². The van der Waals surface area contributed by atoms with Crippen LogP contribution in [0.5, 0.6) is 11.5 Å². The van der Waals surface area contributed by atoms with Crippen molar-refractivity contribution >= 4 is 5.97 Å². The number of phenols is 2. The summed E-state index contributed by atoms with van der Waals surface area (Å²) in [6, 6.07) is 2.59. The molecule has 0 radical (unpaired) electrons.